The SMILES string of the molecule is CC(C[C]1CCCCC1)[C]1CCCCC1. The van der Waals surface area contributed by atoms with Crippen molar-refractivity contribution < 1.29 is 0 Å². The first-order valence-electron chi connectivity index (χ1n) is 7.04. The number of rotatable bonds is 3. The molecule has 0 heterocycles. The van der Waals surface area contributed by atoms with E-state index in [1.54, 1.807) is 0 Å². The summed E-state index contributed by atoms with van der Waals surface area (Å²) in [7, 11) is 0. The Bertz CT molecular complexity index is 161. The molecule has 0 N–H and O–H groups in total. The fourth-order valence-electron chi connectivity index (χ4n) is 3.33. The predicted octanol–water partition coefficient (Wildman–Crippen LogP) is 5.09. The van der Waals surface area contributed by atoms with E-state index in [4.69, 9.17) is 0 Å². The third-order valence-corrected chi connectivity index (χ3v) is 4.35. The standard InChI is InChI=1S/C15H26/c1-13(15-10-6-3-7-11-15)12-14-8-4-2-5-9-14/h13H,2-12H2,1H3. The molecule has 1 atom stereocenters. The van der Waals surface area contributed by atoms with Gasteiger partial charge in [0.15, 0.2) is 0 Å². The molecule has 0 aromatic heterocycles. The molecular formula is C15H26. The van der Waals surface area contributed by atoms with Gasteiger partial charge in [-0.3, -0.25) is 0 Å². The van der Waals surface area contributed by atoms with Crippen LogP contribution in [0.1, 0.15) is 77.6 Å². The molecule has 0 heteroatoms. The molecule has 2 saturated carbocycles. The Morgan fingerprint density at radius 2 is 1.33 bits per heavy atom. The molecule has 0 amide bonds. The highest BCUT2D eigenvalue weighted by atomic mass is 14.3. The molecule has 0 aromatic carbocycles. The van der Waals surface area contributed by atoms with Crippen molar-refractivity contribution >= 4 is 0 Å². The van der Waals surface area contributed by atoms with E-state index in [1.165, 1.54) is 70.6 Å². The minimum Gasteiger partial charge on any atom is -0.0619 e. The van der Waals surface area contributed by atoms with E-state index in [9.17, 15) is 0 Å². The van der Waals surface area contributed by atoms with Crippen LogP contribution in [0.2, 0.25) is 0 Å². The maximum Gasteiger partial charge on any atom is -0.0213 e. The van der Waals surface area contributed by atoms with E-state index < -0.39 is 0 Å². The van der Waals surface area contributed by atoms with Gasteiger partial charge in [-0.1, -0.05) is 45.4 Å². The van der Waals surface area contributed by atoms with Crippen LogP contribution in [0.5, 0.6) is 0 Å². The summed E-state index contributed by atoms with van der Waals surface area (Å²) in [5.74, 6) is 4.67. The van der Waals surface area contributed by atoms with Crippen molar-refractivity contribution in [1.29, 1.82) is 0 Å². The van der Waals surface area contributed by atoms with Gasteiger partial charge in [-0.05, 0) is 49.9 Å². The van der Waals surface area contributed by atoms with Gasteiger partial charge in [-0.25, -0.2) is 0 Å². The monoisotopic (exact) mass is 206 g/mol. The average Bonchev–Trinajstić information content (AvgIpc) is 2.31. The lowest BCUT2D eigenvalue weighted by molar-refractivity contribution is 0.395. The Labute approximate surface area is 95.8 Å². The average molecular weight is 206 g/mol. The van der Waals surface area contributed by atoms with Gasteiger partial charge < -0.3 is 0 Å². The first-order valence-corrected chi connectivity index (χ1v) is 7.04. The predicted molar refractivity (Wildman–Crippen MR) is 66.4 cm³/mol. The molecule has 2 aliphatic rings. The number of hydrogen-bond donors (Lipinski definition) is 0. The largest absolute Gasteiger partial charge is 0.0619 e. The second kappa shape index (κ2) is 5.92. The van der Waals surface area contributed by atoms with Crippen LogP contribution < -0.4 is 0 Å². The van der Waals surface area contributed by atoms with Crippen LogP contribution in [0, 0.1) is 17.8 Å². The zero-order valence-electron chi connectivity index (χ0n) is 10.4. The highest BCUT2D eigenvalue weighted by molar-refractivity contribution is 5.03. The van der Waals surface area contributed by atoms with Crippen LogP contribution in [0.15, 0.2) is 0 Å². The van der Waals surface area contributed by atoms with Crippen molar-refractivity contribution in [3.8, 4) is 0 Å². The van der Waals surface area contributed by atoms with E-state index in [0.717, 1.165) is 5.92 Å². The normalized spacial score (nSPS) is 27.8. The number of hydrogen-bond acceptors (Lipinski definition) is 0. The third kappa shape index (κ3) is 3.50. The second-order valence-corrected chi connectivity index (χ2v) is 5.63. The summed E-state index contributed by atoms with van der Waals surface area (Å²) >= 11 is 0. The molecule has 15 heavy (non-hydrogen) atoms. The van der Waals surface area contributed by atoms with Crippen LogP contribution >= 0.6 is 0 Å². The summed E-state index contributed by atoms with van der Waals surface area (Å²) in [6.45, 7) is 2.47. The van der Waals surface area contributed by atoms with Crippen molar-refractivity contribution in [3.63, 3.8) is 0 Å². The fourth-order valence-corrected chi connectivity index (χ4v) is 3.33. The molecule has 2 aliphatic carbocycles. The van der Waals surface area contributed by atoms with E-state index in [1.807, 2.05) is 11.8 Å². The lowest BCUT2D eigenvalue weighted by Crippen LogP contribution is -2.17. The van der Waals surface area contributed by atoms with E-state index >= 15 is 0 Å². The Kier molecular flexibility index (Phi) is 4.53. The van der Waals surface area contributed by atoms with Gasteiger partial charge >= 0.3 is 0 Å². The molecule has 0 spiro atoms. The van der Waals surface area contributed by atoms with Gasteiger partial charge in [0.2, 0.25) is 0 Å². The summed E-state index contributed by atoms with van der Waals surface area (Å²) in [5, 5.41) is 0. The van der Waals surface area contributed by atoms with Crippen molar-refractivity contribution in [1.82, 2.24) is 0 Å². The zero-order chi connectivity index (χ0) is 10.5. The summed E-state index contributed by atoms with van der Waals surface area (Å²) in [6.07, 6.45) is 16.0. The zero-order valence-corrected chi connectivity index (χ0v) is 10.4. The van der Waals surface area contributed by atoms with Crippen LogP contribution in [0.4, 0.5) is 0 Å². The Morgan fingerprint density at radius 1 is 0.800 bits per heavy atom. The van der Waals surface area contributed by atoms with Crippen molar-refractivity contribution in [3.05, 3.63) is 11.8 Å². The van der Waals surface area contributed by atoms with Gasteiger partial charge in [0.25, 0.3) is 0 Å². The van der Waals surface area contributed by atoms with E-state index in [2.05, 4.69) is 6.92 Å². The molecule has 86 valence electrons. The highest BCUT2D eigenvalue weighted by Crippen LogP contribution is 2.38. The Morgan fingerprint density at radius 3 is 1.93 bits per heavy atom. The lowest BCUT2D eigenvalue weighted by atomic mass is 9.74. The van der Waals surface area contributed by atoms with Crippen molar-refractivity contribution in [2.75, 3.05) is 0 Å². The van der Waals surface area contributed by atoms with E-state index in [0.29, 0.717) is 0 Å². The first-order chi connectivity index (χ1) is 7.36. The topological polar surface area (TPSA) is 0 Å². The van der Waals surface area contributed by atoms with Gasteiger partial charge in [0, 0.05) is 0 Å². The van der Waals surface area contributed by atoms with Crippen LogP contribution in [0.25, 0.3) is 0 Å². The highest BCUT2D eigenvalue weighted by Gasteiger charge is 2.24. The maximum absolute atomic E-state index is 2.47. The molecule has 0 bridgehead atoms. The molecule has 0 aromatic rings. The minimum atomic E-state index is 0.901. The summed E-state index contributed by atoms with van der Waals surface area (Å²) in [5.41, 5.74) is 0. The van der Waals surface area contributed by atoms with Gasteiger partial charge in [0.05, 0.1) is 0 Å². The molecule has 0 saturated heterocycles. The van der Waals surface area contributed by atoms with E-state index in [-0.39, 0.29) is 0 Å². The molecule has 1 unspecified atom stereocenters. The molecule has 2 fully saturated rings. The molecular weight excluding hydrogens is 180 g/mol. The van der Waals surface area contributed by atoms with Crippen LogP contribution in [-0.2, 0) is 0 Å². The molecule has 2 rings (SSSR count). The smallest absolute Gasteiger partial charge is 0.0213 e. The minimum absolute atomic E-state index is 0.901. The second-order valence-electron chi connectivity index (χ2n) is 5.63. The molecule has 0 nitrogen and oxygen atoms in total. The lowest BCUT2D eigenvalue weighted by Gasteiger charge is -2.31. The van der Waals surface area contributed by atoms with Crippen molar-refractivity contribution in [2.45, 2.75) is 77.6 Å². The third-order valence-electron chi connectivity index (χ3n) is 4.35. The molecule has 2 radical (unpaired) electrons. The quantitative estimate of drug-likeness (QED) is 0.603. The summed E-state index contributed by atoms with van der Waals surface area (Å²) in [4.78, 5) is 0. The van der Waals surface area contributed by atoms with Crippen LogP contribution in [0.3, 0.4) is 0 Å². The first kappa shape index (κ1) is 11.5. The molecule has 0 aliphatic heterocycles. The fraction of sp³-hybridized carbons (Fsp3) is 0.867. The van der Waals surface area contributed by atoms with Crippen molar-refractivity contribution in [2.24, 2.45) is 5.92 Å². The van der Waals surface area contributed by atoms with Gasteiger partial charge in [0.1, 0.15) is 0 Å². The summed E-state index contributed by atoms with van der Waals surface area (Å²) in [6, 6.07) is 0. The van der Waals surface area contributed by atoms with Gasteiger partial charge in [-0.15, -0.1) is 0 Å². The Hall–Kier alpha value is 0. The van der Waals surface area contributed by atoms with Gasteiger partial charge in [-0.2, -0.15) is 0 Å². The summed E-state index contributed by atoms with van der Waals surface area (Å²) < 4.78 is 0. The maximum atomic E-state index is 2.47. The van der Waals surface area contributed by atoms with Crippen LogP contribution in [-0.4, -0.2) is 0 Å². The Balaban J connectivity index is 1.72.